The van der Waals surface area contributed by atoms with Crippen molar-refractivity contribution in [3.05, 3.63) is 58.9 Å². The molecule has 0 fully saturated rings. The summed E-state index contributed by atoms with van der Waals surface area (Å²) in [5.74, 6) is -0.865. The summed E-state index contributed by atoms with van der Waals surface area (Å²) in [6, 6.07) is 6.33. The van der Waals surface area contributed by atoms with E-state index in [4.69, 9.17) is 11.6 Å². The Labute approximate surface area is 126 Å². The lowest BCUT2D eigenvalue weighted by Gasteiger charge is -2.05. The normalized spacial score (nSPS) is 10.6. The fourth-order valence-electron chi connectivity index (χ4n) is 1.53. The molecular formula is C14H13ClN4O2. The molecule has 0 aliphatic heterocycles. The van der Waals surface area contributed by atoms with E-state index >= 15 is 0 Å². The Kier molecular flexibility index (Phi) is 4.73. The van der Waals surface area contributed by atoms with Crippen LogP contribution in [-0.4, -0.2) is 21.6 Å². The first-order valence-electron chi connectivity index (χ1n) is 6.07. The molecule has 1 aromatic carbocycles. The van der Waals surface area contributed by atoms with Gasteiger partial charge in [-0.2, -0.15) is 5.10 Å². The molecule has 2 amide bonds. The van der Waals surface area contributed by atoms with Crippen LogP contribution in [0.2, 0.25) is 5.02 Å². The third-order valence-electron chi connectivity index (χ3n) is 2.56. The van der Waals surface area contributed by atoms with Crippen LogP contribution in [0.1, 0.15) is 15.9 Å². The van der Waals surface area contributed by atoms with Crippen LogP contribution in [0.3, 0.4) is 0 Å². The molecule has 0 aliphatic rings. The van der Waals surface area contributed by atoms with Crippen molar-refractivity contribution in [2.24, 2.45) is 7.05 Å². The van der Waals surface area contributed by atoms with Gasteiger partial charge in [-0.15, -0.1) is 0 Å². The Morgan fingerprint density at radius 1 is 1.24 bits per heavy atom. The number of nitrogens with one attached hydrogen (secondary N) is 2. The summed E-state index contributed by atoms with van der Waals surface area (Å²) in [7, 11) is 1.78. The molecule has 0 unspecified atom stereocenters. The topological polar surface area (TPSA) is 76.0 Å². The van der Waals surface area contributed by atoms with E-state index in [9.17, 15) is 9.59 Å². The second-order valence-electron chi connectivity index (χ2n) is 4.23. The number of amides is 2. The van der Waals surface area contributed by atoms with Crippen LogP contribution in [0.5, 0.6) is 0 Å². The largest absolute Gasteiger partial charge is 0.275 e. The van der Waals surface area contributed by atoms with Gasteiger partial charge in [-0.05, 0) is 30.3 Å². The van der Waals surface area contributed by atoms with Crippen LogP contribution in [-0.2, 0) is 11.8 Å². The molecule has 7 heteroatoms. The molecule has 0 saturated heterocycles. The second-order valence-corrected chi connectivity index (χ2v) is 4.67. The molecule has 2 aromatic rings. The van der Waals surface area contributed by atoms with Gasteiger partial charge in [0.05, 0.1) is 6.20 Å². The second kappa shape index (κ2) is 6.71. The first-order chi connectivity index (χ1) is 10.0. The highest BCUT2D eigenvalue weighted by atomic mass is 35.5. The van der Waals surface area contributed by atoms with Crippen molar-refractivity contribution >= 4 is 29.5 Å². The third-order valence-corrected chi connectivity index (χ3v) is 2.81. The van der Waals surface area contributed by atoms with E-state index in [1.807, 2.05) is 0 Å². The van der Waals surface area contributed by atoms with Gasteiger partial charge in [0.1, 0.15) is 0 Å². The minimum atomic E-state index is -0.443. The zero-order valence-electron chi connectivity index (χ0n) is 11.2. The van der Waals surface area contributed by atoms with Crippen LogP contribution >= 0.6 is 11.6 Å². The SMILES string of the molecule is Cn1cc(/C=C/C(=O)NNC(=O)c2ccc(Cl)cc2)cn1. The Morgan fingerprint density at radius 2 is 1.95 bits per heavy atom. The van der Waals surface area contributed by atoms with Gasteiger partial charge in [-0.3, -0.25) is 25.1 Å². The molecule has 0 atom stereocenters. The lowest BCUT2D eigenvalue weighted by atomic mass is 10.2. The van der Waals surface area contributed by atoms with Crippen LogP contribution in [0.15, 0.2) is 42.7 Å². The first-order valence-corrected chi connectivity index (χ1v) is 6.45. The van der Waals surface area contributed by atoms with Gasteiger partial charge in [0, 0.05) is 35.5 Å². The van der Waals surface area contributed by atoms with Gasteiger partial charge >= 0.3 is 0 Å². The maximum Gasteiger partial charge on any atom is 0.269 e. The smallest absolute Gasteiger partial charge is 0.269 e. The summed E-state index contributed by atoms with van der Waals surface area (Å²) < 4.78 is 1.62. The van der Waals surface area contributed by atoms with Crippen molar-refractivity contribution in [2.45, 2.75) is 0 Å². The third kappa shape index (κ3) is 4.47. The molecule has 1 aromatic heterocycles. The lowest BCUT2D eigenvalue weighted by Crippen LogP contribution is -2.40. The monoisotopic (exact) mass is 304 g/mol. The van der Waals surface area contributed by atoms with Crippen LogP contribution < -0.4 is 10.9 Å². The number of hydrogen-bond acceptors (Lipinski definition) is 3. The molecule has 0 saturated carbocycles. The number of carbonyl (C=O) groups excluding carboxylic acids is 2. The minimum absolute atomic E-state index is 0.399. The molecule has 0 radical (unpaired) electrons. The van der Waals surface area contributed by atoms with Gasteiger partial charge < -0.3 is 0 Å². The summed E-state index contributed by atoms with van der Waals surface area (Å²) in [5, 5.41) is 4.51. The van der Waals surface area contributed by atoms with Crippen molar-refractivity contribution in [3.8, 4) is 0 Å². The Balaban J connectivity index is 1.85. The van der Waals surface area contributed by atoms with Crippen LogP contribution in [0.25, 0.3) is 6.08 Å². The summed E-state index contributed by atoms with van der Waals surface area (Å²) in [6.07, 6.45) is 6.28. The predicted octanol–water partition coefficient (Wildman–Crippen LogP) is 1.55. The highest BCUT2D eigenvalue weighted by molar-refractivity contribution is 6.30. The molecule has 1 heterocycles. The Hall–Kier alpha value is -2.60. The molecule has 2 N–H and O–H groups in total. The van der Waals surface area contributed by atoms with Gasteiger partial charge in [0.25, 0.3) is 11.8 Å². The minimum Gasteiger partial charge on any atom is -0.275 e. The zero-order chi connectivity index (χ0) is 15.2. The van der Waals surface area contributed by atoms with Crippen molar-refractivity contribution in [1.82, 2.24) is 20.6 Å². The van der Waals surface area contributed by atoms with Gasteiger partial charge in [-0.25, -0.2) is 0 Å². The fourth-order valence-corrected chi connectivity index (χ4v) is 1.66. The van der Waals surface area contributed by atoms with Gasteiger partial charge in [0.2, 0.25) is 0 Å². The molecule has 108 valence electrons. The first kappa shape index (κ1) is 14.8. The molecule has 0 aliphatic carbocycles. The van der Waals surface area contributed by atoms with E-state index in [1.165, 1.54) is 6.08 Å². The Bertz CT molecular complexity index is 677. The number of rotatable bonds is 3. The highest BCUT2D eigenvalue weighted by Crippen LogP contribution is 2.08. The van der Waals surface area contributed by atoms with E-state index < -0.39 is 11.8 Å². The van der Waals surface area contributed by atoms with E-state index in [0.29, 0.717) is 10.6 Å². The number of hydrazine groups is 1. The fraction of sp³-hybridized carbons (Fsp3) is 0.0714. The molecule has 0 spiro atoms. The quantitative estimate of drug-likeness (QED) is 0.667. The average Bonchev–Trinajstić information content (AvgIpc) is 2.89. The van der Waals surface area contributed by atoms with Crippen molar-refractivity contribution in [1.29, 1.82) is 0 Å². The van der Waals surface area contributed by atoms with Gasteiger partial charge in [0.15, 0.2) is 0 Å². The summed E-state index contributed by atoms with van der Waals surface area (Å²) in [5.41, 5.74) is 5.78. The number of aryl methyl sites for hydroxylation is 1. The van der Waals surface area contributed by atoms with E-state index in [0.717, 1.165) is 5.56 Å². The number of hydrogen-bond donors (Lipinski definition) is 2. The molecular weight excluding hydrogens is 292 g/mol. The van der Waals surface area contributed by atoms with Crippen molar-refractivity contribution in [3.63, 3.8) is 0 Å². The average molecular weight is 305 g/mol. The zero-order valence-corrected chi connectivity index (χ0v) is 12.0. The summed E-state index contributed by atoms with van der Waals surface area (Å²) in [4.78, 5) is 23.3. The number of benzene rings is 1. The molecule has 2 rings (SSSR count). The van der Waals surface area contributed by atoms with E-state index in [2.05, 4.69) is 16.0 Å². The predicted molar refractivity (Wildman–Crippen MR) is 79.3 cm³/mol. The van der Waals surface area contributed by atoms with Crippen molar-refractivity contribution in [2.75, 3.05) is 0 Å². The molecule has 0 bridgehead atoms. The van der Waals surface area contributed by atoms with Crippen LogP contribution in [0.4, 0.5) is 0 Å². The number of halogens is 1. The van der Waals surface area contributed by atoms with Crippen LogP contribution in [0, 0.1) is 0 Å². The summed E-state index contributed by atoms with van der Waals surface area (Å²) in [6.45, 7) is 0. The highest BCUT2D eigenvalue weighted by Gasteiger charge is 2.05. The van der Waals surface area contributed by atoms with E-state index in [-0.39, 0.29) is 0 Å². The number of carbonyl (C=O) groups is 2. The standard InChI is InChI=1S/C14H13ClN4O2/c1-19-9-10(8-16-19)2-7-13(20)17-18-14(21)11-3-5-12(15)6-4-11/h2-9H,1H3,(H,17,20)(H,18,21)/b7-2+. The lowest BCUT2D eigenvalue weighted by molar-refractivity contribution is -0.117. The maximum absolute atomic E-state index is 11.7. The van der Waals surface area contributed by atoms with Crippen molar-refractivity contribution < 1.29 is 9.59 Å². The summed E-state index contributed by atoms with van der Waals surface area (Å²) >= 11 is 5.73. The van der Waals surface area contributed by atoms with E-state index in [1.54, 1.807) is 54.5 Å². The molecule has 21 heavy (non-hydrogen) atoms. The maximum atomic E-state index is 11.7. The Morgan fingerprint density at radius 3 is 2.57 bits per heavy atom. The number of nitrogens with zero attached hydrogens (tertiary/aromatic N) is 2. The molecule has 6 nitrogen and oxygen atoms in total. The number of aromatic nitrogens is 2. The van der Waals surface area contributed by atoms with Gasteiger partial charge in [-0.1, -0.05) is 11.6 Å².